The average molecular weight is 479 g/mol. The molecule has 3 aromatic carbocycles. The zero-order chi connectivity index (χ0) is 22.3. The summed E-state index contributed by atoms with van der Waals surface area (Å²) in [6.07, 6.45) is 3.85. The number of hydrogen-bond donors (Lipinski definition) is 0. The molecule has 168 valence electrons. The van der Waals surface area contributed by atoms with Crippen LogP contribution in [-0.4, -0.2) is 9.33 Å². The predicted octanol–water partition coefficient (Wildman–Crippen LogP) is 9.06. The van der Waals surface area contributed by atoms with E-state index in [4.69, 9.17) is 0 Å². The molecule has 0 radical (unpaired) electrons. The summed E-state index contributed by atoms with van der Waals surface area (Å²) in [7, 11) is 0. The molecular formula is C29H34S3. The van der Waals surface area contributed by atoms with Crippen molar-refractivity contribution in [1.29, 1.82) is 0 Å². The van der Waals surface area contributed by atoms with Gasteiger partial charge in [-0.15, -0.1) is 23.5 Å². The maximum atomic E-state index is 2.49. The second-order valence-corrected chi connectivity index (χ2v) is 13.6. The number of rotatable bonds is 9. The standard InChI is InChI=1S/C29H34S3/c1-28(2)18-19-29(31-22-25-14-8-4-9-15-25,32-23-26-16-10-5-11-17-26)20-27(28)30-21-24-12-6-3-7-13-24/h3-17,27H,18-23H2,1-2H3. The molecule has 1 unspecified atom stereocenters. The molecule has 1 aliphatic rings. The quantitative estimate of drug-likeness (QED) is 0.281. The molecular weight excluding hydrogens is 445 g/mol. The normalized spacial score (nSPS) is 19.5. The van der Waals surface area contributed by atoms with Crippen molar-refractivity contribution in [3.8, 4) is 0 Å². The van der Waals surface area contributed by atoms with Crippen molar-refractivity contribution in [2.24, 2.45) is 5.41 Å². The fraction of sp³-hybridized carbons (Fsp3) is 0.379. The first kappa shape index (κ1) is 23.9. The lowest BCUT2D eigenvalue weighted by molar-refractivity contribution is 0.252. The second-order valence-electron chi connectivity index (χ2n) is 9.44. The van der Waals surface area contributed by atoms with Crippen molar-refractivity contribution < 1.29 is 0 Å². The van der Waals surface area contributed by atoms with Crippen molar-refractivity contribution in [1.82, 2.24) is 0 Å². The molecule has 0 nitrogen and oxygen atoms in total. The number of thioether (sulfide) groups is 3. The SMILES string of the molecule is CC1(C)CCC(SCc2ccccc2)(SCc2ccccc2)CC1SCc1ccccc1. The minimum absolute atomic E-state index is 0.273. The van der Waals surface area contributed by atoms with Crippen LogP contribution in [0.5, 0.6) is 0 Å². The Labute approximate surface area is 207 Å². The highest BCUT2D eigenvalue weighted by atomic mass is 32.2. The lowest BCUT2D eigenvalue weighted by Crippen LogP contribution is -2.41. The Morgan fingerprint density at radius 2 is 1.06 bits per heavy atom. The van der Waals surface area contributed by atoms with Crippen LogP contribution >= 0.6 is 35.3 Å². The first-order valence-corrected chi connectivity index (χ1v) is 14.6. The summed E-state index contributed by atoms with van der Waals surface area (Å²) in [5, 5.41) is 0.669. The van der Waals surface area contributed by atoms with Gasteiger partial charge < -0.3 is 0 Å². The van der Waals surface area contributed by atoms with E-state index in [-0.39, 0.29) is 4.08 Å². The Balaban J connectivity index is 1.49. The van der Waals surface area contributed by atoms with Gasteiger partial charge in [0, 0.05) is 22.5 Å². The smallest absolute Gasteiger partial charge is 0.0628 e. The van der Waals surface area contributed by atoms with Gasteiger partial charge in [0.05, 0.1) is 4.08 Å². The number of benzene rings is 3. The molecule has 0 bridgehead atoms. The monoisotopic (exact) mass is 478 g/mol. The van der Waals surface area contributed by atoms with Gasteiger partial charge in [-0.25, -0.2) is 0 Å². The van der Waals surface area contributed by atoms with Crippen molar-refractivity contribution in [2.75, 3.05) is 0 Å². The second kappa shape index (κ2) is 11.2. The van der Waals surface area contributed by atoms with Gasteiger partial charge in [0.15, 0.2) is 0 Å². The molecule has 3 heteroatoms. The van der Waals surface area contributed by atoms with E-state index >= 15 is 0 Å². The molecule has 1 atom stereocenters. The van der Waals surface area contributed by atoms with E-state index in [9.17, 15) is 0 Å². The highest BCUT2D eigenvalue weighted by molar-refractivity contribution is 8.17. The van der Waals surface area contributed by atoms with E-state index in [2.05, 4.69) is 140 Å². The molecule has 0 heterocycles. The van der Waals surface area contributed by atoms with Crippen LogP contribution in [-0.2, 0) is 17.3 Å². The van der Waals surface area contributed by atoms with Crippen molar-refractivity contribution in [3.63, 3.8) is 0 Å². The van der Waals surface area contributed by atoms with Crippen LogP contribution in [0.15, 0.2) is 91.0 Å². The van der Waals surface area contributed by atoms with Gasteiger partial charge >= 0.3 is 0 Å². The Morgan fingerprint density at radius 1 is 0.625 bits per heavy atom. The Hall–Kier alpha value is -1.29. The zero-order valence-corrected chi connectivity index (χ0v) is 21.7. The fourth-order valence-corrected chi connectivity index (χ4v) is 9.03. The Bertz CT molecular complexity index is 894. The van der Waals surface area contributed by atoms with Gasteiger partial charge in [-0.2, -0.15) is 11.8 Å². The van der Waals surface area contributed by atoms with E-state index in [1.807, 2.05) is 0 Å². The van der Waals surface area contributed by atoms with Crippen LogP contribution in [0.3, 0.4) is 0 Å². The summed E-state index contributed by atoms with van der Waals surface area (Å²) in [6, 6.07) is 33.0. The molecule has 1 saturated carbocycles. The van der Waals surface area contributed by atoms with Crippen LogP contribution in [0.25, 0.3) is 0 Å². The van der Waals surface area contributed by atoms with Crippen LogP contribution in [0.1, 0.15) is 49.8 Å². The largest absolute Gasteiger partial charge is 0.153 e. The van der Waals surface area contributed by atoms with Gasteiger partial charge in [-0.05, 0) is 41.4 Å². The fourth-order valence-electron chi connectivity index (χ4n) is 4.27. The lowest BCUT2D eigenvalue weighted by atomic mass is 9.76. The van der Waals surface area contributed by atoms with E-state index in [1.54, 1.807) is 0 Å². The maximum absolute atomic E-state index is 2.49. The van der Waals surface area contributed by atoms with Crippen molar-refractivity contribution in [2.45, 2.75) is 59.7 Å². The van der Waals surface area contributed by atoms with Crippen LogP contribution in [0.2, 0.25) is 0 Å². The summed E-state index contributed by atoms with van der Waals surface area (Å²) in [4.78, 5) is 0. The van der Waals surface area contributed by atoms with E-state index < -0.39 is 0 Å². The topological polar surface area (TPSA) is 0 Å². The average Bonchev–Trinajstić information content (AvgIpc) is 2.84. The summed E-state index contributed by atoms with van der Waals surface area (Å²) in [6.45, 7) is 4.98. The molecule has 32 heavy (non-hydrogen) atoms. The van der Waals surface area contributed by atoms with Gasteiger partial charge in [-0.1, -0.05) is 105 Å². The molecule has 0 aromatic heterocycles. The summed E-state index contributed by atoms with van der Waals surface area (Å²) >= 11 is 6.56. The molecule has 0 spiro atoms. The van der Waals surface area contributed by atoms with Crippen LogP contribution < -0.4 is 0 Å². The van der Waals surface area contributed by atoms with Crippen LogP contribution in [0, 0.1) is 5.41 Å². The zero-order valence-electron chi connectivity index (χ0n) is 19.2. The maximum Gasteiger partial charge on any atom is 0.0628 e. The van der Waals surface area contributed by atoms with Gasteiger partial charge in [0.2, 0.25) is 0 Å². The molecule has 1 fully saturated rings. The summed E-state index contributed by atoms with van der Waals surface area (Å²) < 4.78 is 0.273. The van der Waals surface area contributed by atoms with Gasteiger partial charge in [0.25, 0.3) is 0 Å². The predicted molar refractivity (Wildman–Crippen MR) is 147 cm³/mol. The molecule has 3 aromatic rings. The first-order chi connectivity index (χ1) is 15.5. The Kier molecular flexibility index (Phi) is 8.37. The molecule has 0 aliphatic heterocycles. The van der Waals surface area contributed by atoms with Crippen molar-refractivity contribution in [3.05, 3.63) is 108 Å². The van der Waals surface area contributed by atoms with E-state index in [1.165, 1.54) is 36.0 Å². The van der Waals surface area contributed by atoms with E-state index in [0.717, 1.165) is 17.3 Å². The third kappa shape index (κ3) is 6.62. The minimum atomic E-state index is 0.273. The third-order valence-electron chi connectivity index (χ3n) is 6.50. The Morgan fingerprint density at radius 3 is 1.53 bits per heavy atom. The van der Waals surface area contributed by atoms with E-state index in [0.29, 0.717) is 10.7 Å². The van der Waals surface area contributed by atoms with Gasteiger partial charge in [-0.3, -0.25) is 0 Å². The summed E-state index contributed by atoms with van der Waals surface area (Å²) in [5.74, 6) is 3.30. The lowest BCUT2D eigenvalue weighted by Gasteiger charge is -2.48. The van der Waals surface area contributed by atoms with Crippen LogP contribution in [0.4, 0.5) is 0 Å². The van der Waals surface area contributed by atoms with Crippen molar-refractivity contribution >= 4 is 35.3 Å². The highest BCUT2D eigenvalue weighted by Gasteiger charge is 2.45. The van der Waals surface area contributed by atoms with Gasteiger partial charge in [0.1, 0.15) is 0 Å². The number of hydrogen-bond acceptors (Lipinski definition) is 3. The summed E-state index contributed by atoms with van der Waals surface area (Å²) in [5.41, 5.74) is 4.70. The first-order valence-electron chi connectivity index (χ1n) is 11.6. The molecule has 0 amide bonds. The third-order valence-corrected chi connectivity index (χ3v) is 11.7. The molecule has 1 aliphatic carbocycles. The molecule has 0 saturated heterocycles. The minimum Gasteiger partial charge on any atom is -0.153 e. The molecule has 0 N–H and O–H groups in total. The highest BCUT2D eigenvalue weighted by Crippen LogP contribution is 2.57. The molecule has 4 rings (SSSR count).